The van der Waals surface area contributed by atoms with E-state index in [1.807, 2.05) is 0 Å². The first kappa shape index (κ1) is 12.6. The molecule has 0 amide bonds. The minimum Gasteiger partial charge on any atom is -0.396 e. The molecule has 2 heterocycles. The molecule has 1 aliphatic heterocycles. The minimum absolute atomic E-state index is 0.0252. The van der Waals surface area contributed by atoms with Crippen molar-refractivity contribution in [1.82, 2.24) is 5.32 Å². The molecule has 98 valence electrons. The van der Waals surface area contributed by atoms with Crippen LogP contribution < -0.4 is 11.1 Å². The maximum Gasteiger partial charge on any atom is 0.519 e. The number of Topliss-reactive ketones (excluding diaryl/α,β-unsaturated/α-hetero) is 1. The van der Waals surface area contributed by atoms with Crippen molar-refractivity contribution in [3.05, 3.63) is 22.1 Å². The second-order valence-corrected chi connectivity index (χ2v) is 4.04. The lowest BCUT2D eigenvalue weighted by Crippen LogP contribution is -2.36. The highest BCUT2D eigenvalue weighted by Gasteiger charge is 2.20. The van der Waals surface area contributed by atoms with Gasteiger partial charge in [0.15, 0.2) is 17.4 Å². The zero-order valence-corrected chi connectivity index (χ0v) is 10.2. The summed E-state index contributed by atoms with van der Waals surface area (Å²) in [5.41, 5.74) is 0. The van der Waals surface area contributed by atoms with Gasteiger partial charge in [0, 0.05) is 6.92 Å². The molecular weight excluding hydrogens is 240 g/mol. The molecule has 0 saturated carbocycles. The summed E-state index contributed by atoms with van der Waals surface area (Å²) in [5.74, 6) is 0.363. The van der Waals surface area contributed by atoms with E-state index in [2.05, 4.69) is 10.3 Å². The minimum atomic E-state index is -0.729. The Bertz CT molecular complexity index is 528. The van der Waals surface area contributed by atoms with E-state index >= 15 is 0 Å². The summed E-state index contributed by atoms with van der Waals surface area (Å²) >= 11 is 0. The Kier molecular flexibility index (Phi) is 3.61. The number of amidine groups is 1. The number of aryl methyl sites for hydroxylation is 1. The second kappa shape index (κ2) is 5.18. The van der Waals surface area contributed by atoms with Crippen molar-refractivity contribution in [2.24, 2.45) is 4.99 Å². The van der Waals surface area contributed by atoms with E-state index in [9.17, 15) is 9.59 Å². The van der Waals surface area contributed by atoms with Crippen LogP contribution in [0.15, 0.2) is 18.6 Å². The first-order valence-corrected chi connectivity index (χ1v) is 5.55. The Balaban J connectivity index is 1.76. The molecule has 1 atom stereocenters. The molecule has 7 heteroatoms. The summed E-state index contributed by atoms with van der Waals surface area (Å²) < 4.78 is 14.9. The van der Waals surface area contributed by atoms with E-state index in [4.69, 9.17) is 13.6 Å². The average molecular weight is 254 g/mol. The monoisotopic (exact) mass is 254 g/mol. The van der Waals surface area contributed by atoms with Crippen LogP contribution in [-0.2, 0) is 16.1 Å². The number of rotatable bonds is 5. The van der Waals surface area contributed by atoms with Crippen LogP contribution in [0.5, 0.6) is 0 Å². The Morgan fingerprint density at radius 2 is 2.33 bits per heavy atom. The molecule has 0 aliphatic carbocycles. The molecule has 7 nitrogen and oxygen atoms in total. The van der Waals surface area contributed by atoms with Crippen molar-refractivity contribution < 1.29 is 18.4 Å². The van der Waals surface area contributed by atoms with Crippen LogP contribution in [0, 0.1) is 6.92 Å². The van der Waals surface area contributed by atoms with Crippen molar-refractivity contribution in [2.75, 3.05) is 13.2 Å². The van der Waals surface area contributed by atoms with Gasteiger partial charge < -0.3 is 18.9 Å². The van der Waals surface area contributed by atoms with Crippen LogP contribution >= 0.6 is 0 Å². The average Bonchev–Trinajstić information content (AvgIpc) is 2.87. The van der Waals surface area contributed by atoms with E-state index < -0.39 is 5.82 Å². The molecule has 0 aromatic carbocycles. The molecule has 0 spiro atoms. The quantitative estimate of drug-likeness (QED) is 0.795. The summed E-state index contributed by atoms with van der Waals surface area (Å²) in [6.07, 6.45) is 0. The van der Waals surface area contributed by atoms with E-state index in [1.54, 1.807) is 6.92 Å². The molecule has 0 radical (unpaired) electrons. The number of hydrogen-bond donors (Lipinski definition) is 1. The van der Waals surface area contributed by atoms with Gasteiger partial charge in [-0.25, -0.2) is 4.79 Å². The number of hydrogen-bond acceptors (Lipinski definition) is 7. The molecule has 1 aromatic heterocycles. The van der Waals surface area contributed by atoms with Crippen molar-refractivity contribution in [3.8, 4) is 0 Å². The van der Waals surface area contributed by atoms with Crippen molar-refractivity contribution in [3.63, 3.8) is 0 Å². The van der Waals surface area contributed by atoms with Gasteiger partial charge in [0.25, 0.3) is 0 Å². The van der Waals surface area contributed by atoms with Crippen LogP contribution in [0.2, 0.25) is 0 Å². The molecule has 18 heavy (non-hydrogen) atoms. The maximum atomic E-state index is 11.0. The summed E-state index contributed by atoms with van der Waals surface area (Å²) in [4.78, 5) is 25.9. The molecule has 0 fully saturated rings. The van der Waals surface area contributed by atoms with Gasteiger partial charge in [0.2, 0.25) is 0 Å². The van der Waals surface area contributed by atoms with E-state index in [0.29, 0.717) is 30.5 Å². The third kappa shape index (κ3) is 2.86. The highest BCUT2D eigenvalue weighted by atomic mass is 16.6. The molecule has 2 rings (SSSR count). The number of ether oxygens (including phenoxy) is 1. The first-order chi connectivity index (χ1) is 8.56. The third-order valence-electron chi connectivity index (χ3n) is 2.53. The van der Waals surface area contributed by atoms with E-state index in [1.165, 1.54) is 6.92 Å². The van der Waals surface area contributed by atoms with Crippen LogP contribution in [0.4, 0.5) is 0 Å². The zero-order valence-electron chi connectivity index (χ0n) is 10.2. The molecule has 0 saturated heterocycles. The van der Waals surface area contributed by atoms with E-state index in [0.717, 1.165) is 0 Å². The first-order valence-electron chi connectivity index (χ1n) is 5.55. The zero-order chi connectivity index (χ0) is 13.1. The van der Waals surface area contributed by atoms with E-state index in [-0.39, 0.29) is 18.4 Å². The van der Waals surface area contributed by atoms with Gasteiger partial charge in [-0.05, 0) is 6.92 Å². The van der Waals surface area contributed by atoms with Crippen molar-refractivity contribution in [1.29, 1.82) is 0 Å². The Morgan fingerprint density at radius 3 is 2.89 bits per heavy atom. The lowest BCUT2D eigenvalue weighted by Gasteiger charge is -2.10. The summed E-state index contributed by atoms with van der Waals surface area (Å²) in [6, 6.07) is -0.0252. The fraction of sp³-hybridized carbons (Fsp3) is 0.545. The SMILES string of the molecule is CC(=O)C1=NCC(COCc2oc(=O)oc2C)N1. The molecule has 1 aliphatic rings. The van der Waals surface area contributed by atoms with Gasteiger partial charge in [-0.3, -0.25) is 9.79 Å². The van der Waals surface area contributed by atoms with Crippen molar-refractivity contribution >= 4 is 11.6 Å². The fourth-order valence-corrected chi connectivity index (χ4v) is 1.59. The normalized spacial score (nSPS) is 18.6. The number of carbonyl (C=O) groups excluding carboxylic acids is 1. The maximum absolute atomic E-state index is 11.0. The van der Waals surface area contributed by atoms with Gasteiger partial charge >= 0.3 is 5.82 Å². The second-order valence-electron chi connectivity index (χ2n) is 4.04. The Labute approximate surface area is 103 Å². The van der Waals surface area contributed by atoms with Crippen LogP contribution in [0.1, 0.15) is 18.4 Å². The fourth-order valence-electron chi connectivity index (χ4n) is 1.59. The number of nitrogens with zero attached hydrogens (tertiary/aromatic N) is 1. The van der Waals surface area contributed by atoms with Crippen molar-refractivity contribution in [2.45, 2.75) is 26.5 Å². The van der Waals surface area contributed by atoms with Crippen LogP contribution in [0.25, 0.3) is 0 Å². The molecular formula is C11H14N2O5. The van der Waals surface area contributed by atoms with Gasteiger partial charge in [0.05, 0.1) is 19.2 Å². The topological polar surface area (TPSA) is 94.0 Å². The number of aliphatic imine (C=N–C) groups is 1. The smallest absolute Gasteiger partial charge is 0.396 e. The third-order valence-corrected chi connectivity index (χ3v) is 2.53. The predicted molar refractivity (Wildman–Crippen MR) is 61.5 cm³/mol. The Morgan fingerprint density at radius 1 is 1.56 bits per heavy atom. The molecule has 0 bridgehead atoms. The number of carbonyl (C=O) groups is 1. The van der Waals surface area contributed by atoms with Gasteiger partial charge in [-0.15, -0.1) is 0 Å². The Hall–Kier alpha value is -1.89. The number of ketones is 1. The van der Waals surface area contributed by atoms with Crippen LogP contribution in [-0.4, -0.2) is 30.8 Å². The van der Waals surface area contributed by atoms with Crippen LogP contribution in [0.3, 0.4) is 0 Å². The summed E-state index contributed by atoms with van der Waals surface area (Å²) in [5, 5.41) is 2.96. The lowest BCUT2D eigenvalue weighted by atomic mass is 10.3. The highest BCUT2D eigenvalue weighted by Crippen LogP contribution is 2.07. The standard InChI is InChI=1S/C11H14N2O5/c1-6(14)10-12-3-8(13-10)4-16-5-9-7(2)17-11(15)18-9/h8H,3-5H2,1-2H3,(H,12,13). The van der Waals surface area contributed by atoms with Gasteiger partial charge in [-0.1, -0.05) is 0 Å². The summed E-state index contributed by atoms with van der Waals surface area (Å²) in [6.45, 7) is 4.12. The molecule has 1 aromatic rings. The summed E-state index contributed by atoms with van der Waals surface area (Å²) in [7, 11) is 0. The predicted octanol–water partition coefficient (Wildman–Crippen LogP) is 0.0171. The highest BCUT2D eigenvalue weighted by molar-refractivity contribution is 6.38. The molecule has 1 unspecified atom stereocenters. The molecule has 1 N–H and O–H groups in total. The number of nitrogens with one attached hydrogen (secondary N) is 1. The van der Waals surface area contributed by atoms with Gasteiger partial charge in [0.1, 0.15) is 12.4 Å². The van der Waals surface area contributed by atoms with Gasteiger partial charge in [-0.2, -0.15) is 0 Å². The lowest BCUT2D eigenvalue weighted by molar-refractivity contribution is -0.111. The largest absolute Gasteiger partial charge is 0.519 e.